The van der Waals surface area contributed by atoms with Gasteiger partial charge in [-0.25, -0.2) is 4.79 Å². The molecular formula is C30H41NO4. The lowest BCUT2D eigenvalue weighted by atomic mass is 9.62. The number of fused-ring (bicyclic) bond motifs is 1. The molecule has 190 valence electrons. The summed E-state index contributed by atoms with van der Waals surface area (Å²) in [6.07, 6.45) is 6.21. The summed E-state index contributed by atoms with van der Waals surface area (Å²) in [5.41, 5.74) is 10.8. The first-order chi connectivity index (χ1) is 16.3. The van der Waals surface area contributed by atoms with Gasteiger partial charge >= 0.3 is 5.97 Å². The topological polar surface area (TPSA) is 89.6 Å². The predicted octanol–water partition coefficient (Wildman–Crippen LogP) is 6.18. The summed E-state index contributed by atoms with van der Waals surface area (Å²) in [5, 5.41) is 9.03. The Balaban J connectivity index is 0.000000320. The average Bonchev–Trinajstić information content (AvgIpc) is 2.82. The summed E-state index contributed by atoms with van der Waals surface area (Å²) in [4.78, 5) is 24.1. The Kier molecular flexibility index (Phi) is 8.23. The van der Waals surface area contributed by atoms with Crippen molar-refractivity contribution in [2.24, 2.45) is 5.73 Å². The second-order valence-electron chi connectivity index (χ2n) is 11.5. The van der Waals surface area contributed by atoms with Crippen LogP contribution in [0.5, 0.6) is 0 Å². The molecule has 2 unspecified atom stereocenters. The zero-order chi connectivity index (χ0) is 26.0. The van der Waals surface area contributed by atoms with Crippen molar-refractivity contribution in [3.05, 3.63) is 69.8 Å². The quantitative estimate of drug-likeness (QED) is 0.511. The summed E-state index contributed by atoms with van der Waals surface area (Å²) in [5.74, 6) is -1.04. The second-order valence-corrected chi connectivity index (χ2v) is 11.5. The van der Waals surface area contributed by atoms with Gasteiger partial charge in [0.05, 0.1) is 11.7 Å². The van der Waals surface area contributed by atoms with Crippen molar-refractivity contribution in [1.82, 2.24) is 0 Å². The van der Waals surface area contributed by atoms with Gasteiger partial charge in [-0.15, -0.1) is 0 Å². The van der Waals surface area contributed by atoms with Crippen molar-refractivity contribution >= 4 is 11.8 Å². The van der Waals surface area contributed by atoms with Crippen LogP contribution in [0.4, 0.5) is 0 Å². The summed E-state index contributed by atoms with van der Waals surface area (Å²) >= 11 is 0. The maximum absolute atomic E-state index is 13.1. The maximum Gasteiger partial charge on any atom is 0.335 e. The summed E-state index contributed by atoms with van der Waals surface area (Å²) in [7, 11) is 0. The van der Waals surface area contributed by atoms with Gasteiger partial charge < -0.3 is 15.6 Å². The van der Waals surface area contributed by atoms with E-state index in [4.69, 9.17) is 15.6 Å². The number of carboxylic acid groups (broad SMARTS) is 1. The van der Waals surface area contributed by atoms with Crippen LogP contribution in [0.25, 0.3) is 0 Å². The molecule has 4 rings (SSSR count). The first kappa shape index (κ1) is 27.1. The molecule has 1 heterocycles. The third-order valence-electron chi connectivity index (χ3n) is 7.64. The van der Waals surface area contributed by atoms with Gasteiger partial charge in [-0.3, -0.25) is 4.79 Å². The van der Waals surface area contributed by atoms with Crippen LogP contribution in [-0.2, 0) is 15.6 Å². The van der Waals surface area contributed by atoms with Gasteiger partial charge in [-0.1, -0.05) is 45.9 Å². The molecule has 2 aliphatic rings. The third kappa shape index (κ3) is 6.20. The van der Waals surface area contributed by atoms with Gasteiger partial charge in [-0.05, 0) is 91.7 Å². The van der Waals surface area contributed by atoms with E-state index in [1.165, 1.54) is 36.1 Å². The average molecular weight is 480 g/mol. The minimum atomic E-state index is -0.988. The van der Waals surface area contributed by atoms with Crippen LogP contribution in [0.15, 0.2) is 36.4 Å². The molecule has 35 heavy (non-hydrogen) atoms. The number of carbonyl (C=O) groups is 2. The smallest absolute Gasteiger partial charge is 0.335 e. The minimum absolute atomic E-state index is 0.0424. The molecule has 1 fully saturated rings. The highest BCUT2D eigenvalue weighted by atomic mass is 16.5. The highest BCUT2D eigenvalue weighted by Crippen LogP contribution is 2.46. The number of hydrogen-bond acceptors (Lipinski definition) is 4. The fourth-order valence-corrected chi connectivity index (χ4v) is 5.07. The van der Waals surface area contributed by atoms with Gasteiger partial charge in [0.15, 0.2) is 5.78 Å². The highest BCUT2D eigenvalue weighted by molar-refractivity contribution is 6.10. The molecule has 0 bridgehead atoms. The Morgan fingerprint density at radius 3 is 1.97 bits per heavy atom. The van der Waals surface area contributed by atoms with E-state index in [1.807, 2.05) is 13.8 Å². The zero-order valence-electron chi connectivity index (χ0n) is 22.1. The maximum atomic E-state index is 13.1. The number of carboxylic acids is 1. The lowest BCUT2D eigenvalue weighted by Gasteiger charge is -2.42. The number of benzene rings is 2. The van der Waals surface area contributed by atoms with Crippen molar-refractivity contribution in [3.8, 4) is 0 Å². The molecule has 0 aromatic heterocycles. The van der Waals surface area contributed by atoms with Crippen molar-refractivity contribution in [2.75, 3.05) is 6.61 Å². The molecule has 0 amide bonds. The number of aromatic carboxylic acids is 1. The Bertz CT molecular complexity index is 1060. The largest absolute Gasteiger partial charge is 0.478 e. The molecule has 0 spiro atoms. The molecule has 1 aliphatic carbocycles. The predicted molar refractivity (Wildman–Crippen MR) is 141 cm³/mol. The second kappa shape index (κ2) is 10.6. The van der Waals surface area contributed by atoms with Crippen LogP contribution >= 0.6 is 0 Å². The lowest BCUT2D eigenvalue weighted by Crippen LogP contribution is -2.36. The first-order valence-electron chi connectivity index (χ1n) is 12.7. The molecular weight excluding hydrogens is 438 g/mol. The van der Waals surface area contributed by atoms with E-state index in [0.717, 1.165) is 31.4 Å². The normalized spacial score (nSPS) is 21.2. The summed E-state index contributed by atoms with van der Waals surface area (Å²) in [6, 6.07) is 10.6. The molecule has 5 heteroatoms. The molecule has 0 radical (unpaired) electrons. The van der Waals surface area contributed by atoms with E-state index in [0.29, 0.717) is 17.2 Å². The van der Waals surface area contributed by atoms with Crippen molar-refractivity contribution < 1.29 is 19.4 Å². The van der Waals surface area contributed by atoms with Gasteiger partial charge in [0.25, 0.3) is 0 Å². The van der Waals surface area contributed by atoms with Crippen LogP contribution in [0, 0.1) is 6.92 Å². The van der Waals surface area contributed by atoms with E-state index in [2.05, 4.69) is 39.8 Å². The zero-order valence-corrected chi connectivity index (χ0v) is 22.1. The molecule has 5 nitrogen and oxygen atoms in total. The molecule has 0 saturated carbocycles. The van der Waals surface area contributed by atoms with Crippen molar-refractivity contribution in [1.29, 1.82) is 0 Å². The molecule has 1 saturated heterocycles. The van der Waals surface area contributed by atoms with Crippen LogP contribution in [-0.4, -0.2) is 35.6 Å². The van der Waals surface area contributed by atoms with Crippen LogP contribution in [0.2, 0.25) is 0 Å². The fraction of sp³-hybridized carbons (Fsp3) is 0.533. The summed E-state index contributed by atoms with van der Waals surface area (Å²) in [6.45, 7) is 13.9. The van der Waals surface area contributed by atoms with E-state index in [9.17, 15) is 9.59 Å². The Labute approximate surface area is 210 Å². The Morgan fingerprint density at radius 2 is 1.51 bits per heavy atom. The fourth-order valence-electron chi connectivity index (χ4n) is 5.07. The minimum Gasteiger partial charge on any atom is -0.478 e. The molecule has 2 atom stereocenters. The first-order valence-corrected chi connectivity index (χ1v) is 12.7. The number of rotatable bonds is 4. The van der Waals surface area contributed by atoms with Gasteiger partial charge in [0, 0.05) is 23.8 Å². The SMILES string of the molecule is CC(N)C1CCCCO1.Cc1cc2c(cc1C(=O)c1ccc(C(=O)O)cc1)C(C)(C)CCC2(C)C. The third-order valence-corrected chi connectivity index (χ3v) is 7.64. The molecule has 3 N–H and O–H groups in total. The van der Waals surface area contributed by atoms with Gasteiger partial charge in [-0.2, -0.15) is 0 Å². The number of ketones is 1. The number of hydrogen-bond donors (Lipinski definition) is 2. The van der Waals surface area contributed by atoms with Crippen LogP contribution < -0.4 is 5.73 Å². The lowest BCUT2D eigenvalue weighted by molar-refractivity contribution is 0.00403. The van der Waals surface area contributed by atoms with Crippen LogP contribution in [0.3, 0.4) is 0 Å². The number of aryl methyl sites for hydroxylation is 1. The van der Waals surface area contributed by atoms with E-state index in [-0.39, 0.29) is 28.2 Å². The number of ether oxygens (including phenoxy) is 1. The summed E-state index contributed by atoms with van der Waals surface area (Å²) < 4.78 is 5.41. The van der Waals surface area contributed by atoms with E-state index >= 15 is 0 Å². The number of nitrogens with two attached hydrogens (primary N) is 1. The van der Waals surface area contributed by atoms with Gasteiger partial charge in [0.1, 0.15) is 0 Å². The highest BCUT2D eigenvalue weighted by Gasteiger charge is 2.37. The molecule has 2 aromatic rings. The standard InChI is InChI=1S/C23H26O3.C7H15NO/c1-14-12-18-19(23(4,5)11-10-22(18,2)3)13-17(14)20(24)15-6-8-16(9-7-15)21(25)26;1-6(8)7-4-2-3-5-9-7/h6-9,12-13H,10-11H2,1-5H3,(H,25,26);6-7H,2-5,8H2,1H3. The monoisotopic (exact) mass is 479 g/mol. The number of carbonyl (C=O) groups excluding carboxylic acids is 1. The van der Waals surface area contributed by atoms with Gasteiger partial charge in [0.2, 0.25) is 0 Å². The van der Waals surface area contributed by atoms with Crippen molar-refractivity contribution in [3.63, 3.8) is 0 Å². The van der Waals surface area contributed by atoms with Crippen molar-refractivity contribution in [2.45, 2.75) is 96.6 Å². The van der Waals surface area contributed by atoms with E-state index < -0.39 is 5.97 Å². The Morgan fingerprint density at radius 1 is 0.971 bits per heavy atom. The van der Waals surface area contributed by atoms with E-state index in [1.54, 1.807) is 12.1 Å². The molecule has 2 aromatic carbocycles. The van der Waals surface area contributed by atoms with Crippen LogP contribution in [0.1, 0.15) is 110 Å². The Hall–Kier alpha value is -2.50. The molecule has 1 aliphatic heterocycles.